The quantitative estimate of drug-likeness (QED) is 0.0343. The Morgan fingerprint density at radius 1 is 0.403 bits per heavy atom. The average Bonchev–Trinajstić information content (AvgIpc) is 3.32. The lowest BCUT2D eigenvalue weighted by Gasteiger charge is -2.38. The van der Waals surface area contributed by atoms with Gasteiger partial charge in [0.05, 0.1) is 13.2 Å². The summed E-state index contributed by atoms with van der Waals surface area (Å²) in [4.78, 5) is 41.4. The Morgan fingerprint density at radius 3 is 1.08 bits per heavy atom. The summed E-state index contributed by atoms with van der Waals surface area (Å²) >= 11 is 0. The summed E-state index contributed by atoms with van der Waals surface area (Å²) in [7, 11) is 3.44. The van der Waals surface area contributed by atoms with Crippen LogP contribution in [0.2, 0.25) is 0 Å². The van der Waals surface area contributed by atoms with Gasteiger partial charge in [-0.25, -0.2) is 0 Å². The topological polar surface area (TPSA) is 76.2 Å². The van der Waals surface area contributed by atoms with Gasteiger partial charge in [-0.2, -0.15) is 39.5 Å². The molecule has 0 radical (unpaired) electrons. The van der Waals surface area contributed by atoms with E-state index >= 15 is 8.78 Å². The smallest absolute Gasteiger partial charge is 0.460 e. The molecule has 2 atom stereocenters. The van der Waals surface area contributed by atoms with Gasteiger partial charge in [0, 0.05) is 25.4 Å². The molecule has 428 valence electrons. The van der Waals surface area contributed by atoms with Crippen LogP contribution in [0.15, 0.2) is 0 Å². The van der Waals surface area contributed by atoms with Crippen molar-refractivity contribution in [1.82, 2.24) is 9.80 Å². The van der Waals surface area contributed by atoms with Gasteiger partial charge in [-0.1, -0.05) is 182 Å². The summed E-state index contributed by atoms with van der Waals surface area (Å²) in [6.07, 6.45) is 21.6. The minimum atomic E-state index is -7.21. The summed E-state index contributed by atoms with van der Waals surface area (Å²) in [6.45, 7) is 9.09. The Morgan fingerprint density at radius 2 is 0.722 bits per heavy atom. The van der Waals surface area contributed by atoms with Gasteiger partial charge in [0.15, 0.2) is 0 Å². The Bertz CT molecular complexity index is 1300. The number of hydrogen-bond acceptors (Lipinski definition) is 6. The number of esters is 2. The van der Waals surface area contributed by atoms with Crippen molar-refractivity contribution in [3.63, 3.8) is 0 Å². The average molecular weight is 1050 g/mol. The van der Waals surface area contributed by atoms with Crippen LogP contribution in [0.4, 0.5) is 39.5 Å². The van der Waals surface area contributed by atoms with Crippen LogP contribution in [0.3, 0.4) is 0 Å². The molecule has 72 heavy (non-hydrogen) atoms. The van der Waals surface area contributed by atoms with E-state index in [1.807, 2.05) is 0 Å². The first-order chi connectivity index (χ1) is 34.1. The van der Waals surface area contributed by atoms with Crippen LogP contribution in [-0.2, 0) is 23.9 Å². The van der Waals surface area contributed by atoms with Crippen LogP contribution >= 0.6 is 0 Å². The summed E-state index contributed by atoms with van der Waals surface area (Å²) in [5.41, 5.74) is 0. The van der Waals surface area contributed by atoms with E-state index in [9.17, 15) is 45.1 Å². The molecule has 0 aliphatic carbocycles. The number of hydrogen-bond donors (Lipinski definition) is 0. The van der Waals surface area contributed by atoms with E-state index in [1.54, 1.807) is 19.0 Å². The monoisotopic (exact) mass is 1050 g/mol. The fourth-order valence-corrected chi connectivity index (χ4v) is 9.29. The number of amides is 1. The predicted octanol–water partition coefficient (Wildman–Crippen LogP) is 17.7. The van der Waals surface area contributed by atoms with Crippen LogP contribution in [0.1, 0.15) is 259 Å². The van der Waals surface area contributed by atoms with Crippen LogP contribution < -0.4 is 0 Å². The molecule has 0 N–H and O–H groups in total. The minimum absolute atomic E-state index is 0.0215. The van der Waals surface area contributed by atoms with Gasteiger partial charge >= 0.3 is 35.9 Å². The van der Waals surface area contributed by atoms with Gasteiger partial charge in [-0.05, 0) is 96.7 Å². The van der Waals surface area contributed by atoms with E-state index < -0.39 is 54.4 Å². The van der Waals surface area contributed by atoms with Crippen molar-refractivity contribution in [2.75, 3.05) is 40.4 Å². The van der Waals surface area contributed by atoms with E-state index in [0.29, 0.717) is 50.3 Å². The lowest BCUT2D eigenvalue weighted by atomic mass is 9.95. The van der Waals surface area contributed by atoms with Gasteiger partial charge in [-0.3, -0.25) is 14.4 Å². The highest BCUT2D eigenvalue weighted by Gasteiger charge is 2.84. The molecule has 0 heterocycles. The maximum atomic E-state index is 15.4. The van der Waals surface area contributed by atoms with E-state index in [-0.39, 0.29) is 63.2 Å². The van der Waals surface area contributed by atoms with Crippen molar-refractivity contribution in [3.05, 3.63) is 0 Å². The lowest BCUT2D eigenvalue weighted by molar-refractivity contribution is -0.389. The highest BCUT2D eigenvalue weighted by molar-refractivity contribution is 5.85. The van der Waals surface area contributed by atoms with Crippen molar-refractivity contribution in [1.29, 1.82) is 0 Å². The molecular formula is C56H101F9N2O5. The molecule has 2 unspecified atom stereocenters. The third-order valence-electron chi connectivity index (χ3n) is 14.0. The molecule has 0 bridgehead atoms. The summed E-state index contributed by atoms with van der Waals surface area (Å²) < 4.78 is 140. The first-order valence-electron chi connectivity index (χ1n) is 28.6. The first-order valence-corrected chi connectivity index (χ1v) is 28.6. The normalized spacial score (nSPS) is 13.9. The fraction of sp³-hybridized carbons (Fsp3) is 0.946. The van der Waals surface area contributed by atoms with Crippen molar-refractivity contribution in [2.24, 2.45) is 11.8 Å². The van der Waals surface area contributed by atoms with Gasteiger partial charge in [0.1, 0.15) is 0 Å². The molecule has 0 spiro atoms. The van der Waals surface area contributed by atoms with Crippen molar-refractivity contribution in [3.8, 4) is 0 Å². The van der Waals surface area contributed by atoms with Crippen LogP contribution in [0.5, 0.6) is 0 Å². The van der Waals surface area contributed by atoms with E-state index in [4.69, 9.17) is 9.47 Å². The number of alkyl halides is 9. The maximum absolute atomic E-state index is 15.4. The molecule has 0 aromatic carbocycles. The zero-order valence-electron chi connectivity index (χ0n) is 45.9. The zero-order chi connectivity index (χ0) is 54.3. The van der Waals surface area contributed by atoms with Crippen molar-refractivity contribution < 1.29 is 63.4 Å². The molecule has 0 aromatic heterocycles. The molecule has 0 aromatic rings. The van der Waals surface area contributed by atoms with Gasteiger partial charge in [-0.15, -0.1) is 0 Å². The first kappa shape index (κ1) is 69.7. The summed E-state index contributed by atoms with van der Waals surface area (Å²) in [5, 5.41) is 0. The number of carbonyl (C=O) groups excluding carboxylic acids is 3. The van der Waals surface area contributed by atoms with Gasteiger partial charge in [0.25, 0.3) is 5.91 Å². The largest absolute Gasteiger partial charge is 0.465 e. The Kier molecular flexibility index (Phi) is 39.7. The predicted molar refractivity (Wildman–Crippen MR) is 273 cm³/mol. The third-order valence-corrected chi connectivity index (χ3v) is 14.0. The maximum Gasteiger partial charge on any atom is 0.460 e. The van der Waals surface area contributed by atoms with Crippen LogP contribution in [0.25, 0.3) is 0 Å². The van der Waals surface area contributed by atoms with Crippen molar-refractivity contribution in [2.45, 2.75) is 289 Å². The lowest BCUT2D eigenvalue weighted by Crippen LogP contribution is -2.66. The summed E-state index contributed by atoms with van der Waals surface area (Å²) in [6, 6.07) is -1.23. The van der Waals surface area contributed by atoms with Crippen molar-refractivity contribution >= 4 is 17.8 Å². The van der Waals surface area contributed by atoms with E-state index in [2.05, 4.69) is 27.7 Å². The number of nitrogens with zero attached hydrogens (tertiary/aromatic N) is 2. The highest BCUT2D eigenvalue weighted by Crippen LogP contribution is 2.53. The van der Waals surface area contributed by atoms with E-state index in [1.165, 1.54) is 51.4 Å². The highest BCUT2D eigenvalue weighted by atomic mass is 19.4. The Balaban J connectivity index is 6.00. The number of halogens is 9. The standard InChI is InChI=1S/C56H101F9N2O5/c1-7-11-15-19-21-27-37-47(35-25-17-13-9-3)45-71-50(68)41-31-23-29-39-49(67(44-34-33-43-66(5)6)52(70)53(57,58)54(59,60)55(61,62)56(63,64)65)40-30-24-32-42-51(69)72-46-48(36-26-18-14-10-4)38-28-22-20-16-12-8-2/h47-49H,7-46H2,1-6H3. The molecule has 0 aliphatic heterocycles. The SMILES string of the molecule is CCCCCCCCC(CCCCCC)COC(=O)CCCCCC(CCCCCC(=O)OCC(CCCCCC)CCCCCCCC)N(CCCCN(C)C)C(=O)C(F)(F)C(F)(F)C(F)(F)C(F)(F)F. The van der Waals surface area contributed by atoms with Crippen LogP contribution in [-0.4, -0.2) is 98.0 Å². The van der Waals surface area contributed by atoms with Gasteiger partial charge < -0.3 is 19.3 Å². The van der Waals surface area contributed by atoms with Crippen LogP contribution in [0, 0.1) is 11.8 Å². The second-order valence-corrected chi connectivity index (χ2v) is 21.0. The molecule has 0 fully saturated rings. The molecule has 0 saturated heterocycles. The fourth-order valence-electron chi connectivity index (χ4n) is 9.29. The van der Waals surface area contributed by atoms with Gasteiger partial charge in [0.2, 0.25) is 0 Å². The number of rotatable bonds is 49. The molecular weight excluding hydrogens is 952 g/mol. The molecule has 0 saturated carbocycles. The second-order valence-electron chi connectivity index (χ2n) is 21.0. The summed E-state index contributed by atoms with van der Waals surface area (Å²) in [5.74, 6) is -23.8. The molecule has 1 amide bonds. The Labute approximate surface area is 431 Å². The molecule has 0 rings (SSSR count). The molecule has 7 nitrogen and oxygen atoms in total. The Hall–Kier alpha value is -2.26. The number of unbranched alkanes of at least 4 members (excludes halogenated alkanes) is 21. The number of ether oxygens (including phenoxy) is 2. The molecule has 0 aliphatic rings. The zero-order valence-corrected chi connectivity index (χ0v) is 45.9. The second kappa shape index (κ2) is 41.0. The minimum Gasteiger partial charge on any atom is -0.465 e. The molecule has 16 heteroatoms. The third kappa shape index (κ3) is 30.3. The van der Waals surface area contributed by atoms with E-state index in [0.717, 1.165) is 103 Å². The number of carbonyl (C=O) groups is 3.